The van der Waals surface area contributed by atoms with Crippen LogP contribution in [0.25, 0.3) is 0 Å². The van der Waals surface area contributed by atoms with E-state index in [9.17, 15) is 4.79 Å². The fraction of sp³-hybridized carbons (Fsp3) is 0.571. The van der Waals surface area contributed by atoms with Gasteiger partial charge in [0.25, 0.3) is 0 Å². The maximum absolute atomic E-state index is 12.4. The predicted octanol–water partition coefficient (Wildman–Crippen LogP) is 0.946. The van der Waals surface area contributed by atoms with Gasteiger partial charge in [0.15, 0.2) is 0 Å². The van der Waals surface area contributed by atoms with Crippen LogP contribution in [-0.2, 0) is 17.9 Å². The predicted molar refractivity (Wildman–Crippen MR) is 76.2 cm³/mol. The number of hydrogen-bond donors (Lipinski definition) is 0. The van der Waals surface area contributed by atoms with Crippen LogP contribution in [0.1, 0.15) is 25.7 Å². The van der Waals surface area contributed by atoms with Crippen LogP contribution < -0.4 is 0 Å². The van der Waals surface area contributed by atoms with E-state index in [0.717, 1.165) is 38.9 Å². The van der Waals surface area contributed by atoms with Crippen molar-refractivity contribution in [1.82, 2.24) is 29.4 Å². The van der Waals surface area contributed by atoms with Gasteiger partial charge in [0.05, 0.1) is 12.6 Å². The molecule has 7 heteroatoms. The summed E-state index contributed by atoms with van der Waals surface area (Å²) in [6.45, 7) is 2.40. The summed E-state index contributed by atoms with van der Waals surface area (Å²) in [5.74, 6) is 0.241. The second-order valence-corrected chi connectivity index (χ2v) is 5.37. The number of aromatic nitrogens is 5. The Morgan fingerprint density at radius 2 is 2.24 bits per heavy atom. The average Bonchev–Trinajstić information content (AvgIpc) is 3.20. The molecule has 2 aromatic rings. The highest BCUT2D eigenvalue weighted by atomic mass is 16.2. The van der Waals surface area contributed by atoms with Crippen molar-refractivity contribution in [1.29, 1.82) is 0 Å². The molecule has 1 saturated heterocycles. The molecular weight excluding hydrogens is 268 g/mol. The van der Waals surface area contributed by atoms with Crippen molar-refractivity contribution in [3.05, 3.63) is 31.1 Å². The molecule has 1 unspecified atom stereocenters. The topological polar surface area (TPSA) is 68.8 Å². The van der Waals surface area contributed by atoms with E-state index in [-0.39, 0.29) is 11.9 Å². The number of carbonyl (C=O) groups excluding carboxylic acids is 1. The van der Waals surface area contributed by atoms with E-state index in [1.54, 1.807) is 17.2 Å². The van der Waals surface area contributed by atoms with E-state index in [0.29, 0.717) is 6.42 Å². The lowest BCUT2D eigenvalue weighted by Gasteiger charge is -2.24. The zero-order chi connectivity index (χ0) is 14.5. The third-order valence-electron chi connectivity index (χ3n) is 3.90. The van der Waals surface area contributed by atoms with E-state index in [1.807, 2.05) is 21.8 Å². The molecule has 21 heavy (non-hydrogen) atoms. The van der Waals surface area contributed by atoms with Crippen LogP contribution in [0.5, 0.6) is 0 Å². The SMILES string of the molecule is O=C(CCCn1cncn1)N1CCCC1Cn1cccn1. The molecule has 2 aromatic heterocycles. The van der Waals surface area contributed by atoms with Crippen molar-refractivity contribution in [2.24, 2.45) is 0 Å². The summed E-state index contributed by atoms with van der Waals surface area (Å²) in [6.07, 6.45) is 10.4. The van der Waals surface area contributed by atoms with Gasteiger partial charge in [0, 0.05) is 31.9 Å². The summed E-state index contributed by atoms with van der Waals surface area (Å²) in [5, 5.41) is 8.27. The lowest BCUT2D eigenvalue weighted by molar-refractivity contribution is -0.132. The molecule has 0 aromatic carbocycles. The molecule has 3 heterocycles. The molecule has 7 nitrogen and oxygen atoms in total. The highest BCUT2D eigenvalue weighted by Gasteiger charge is 2.28. The molecule has 112 valence electrons. The van der Waals surface area contributed by atoms with Gasteiger partial charge in [0.1, 0.15) is 12.7 Å². The van der Waals surface area contributed by atoms with Gasteiger partial charge in [-0.25, -0.2) is 4.98 Å². The fourth-order valence-corrected chi connectivity index (χ4v) is 2.86. The molecule has 0 spiro atoms. The third-order valence-corrected chi connectivity index (χ3v) is 3.90. The van der Waals surface area contributed by atoms with Crippen LogP contribution in [0.2, 0.25) is 0 Å². The fourth-order valence-electron chi connectivity index (χ4n) is 2.86. The number of carbonyl (C=O) groups is 1. The summed E-state index contributed by atoms with van der Waals surface area (Å²) >= 11 is 0. The smallest absolute Gasteiger partial charge is 0.222 e. The quantitative estimate of drug-likeness (QED) is 0.793. The third kappa shape index (κ3) is 3.48. The minimum Gasteiger partial charge on any atom is -0.338 e. The number of hydrogen-bond acceptors (Lipinski definition) is 4. The Bertz CT molecular complexity index is 550. The standard InChI is InChI=1S/C14H20N6O/c21-14(5-2-7-19-12-15-11-17-19)20-9-1-4-13(20)10-18-8-3-6-16-18/h3,6,8,11-13H,1-2,4-5,7,9-10H2. The van der Waals surface area contributed by atoms with Gasteiger partial charge in [-0.2, -0.15) is 10.2 Å². The van der Waals surface area contributed by atoms with Crippen molar-refractivity contribution < 1.29 is 4.79 Å². The summed E-state index contributed by atoms with van der Waals surface area (Å²) in [5.41, 5.74) is 0. The van der Waals surface area contributed by atoms with Crippen LogP contribution in [-0.4, -0.2) is 47.9 Å². The summed E-state index contributed by atoms with van der Waals surface area (Å²) in [7, 11) is 0. The maximum Gasteiger partial charge on any atom is 0.222 e. The number of nitrogens with zero attached hydrogens (tertiary/aromatic N) is 6. The highest BCUT2D eigenvalue weighted by molar-refractivity contribution is 5.76. The van der Waals surface area contributed by atoms with Crippen molar-refractivity contribution in [2.45, 2.75) is 44.8 Å². The second-order valence-electron chi connectivity index (χ2n) is 5.37. The van der Waals surface area contributed by atoms with Crippen LogP contribution in [0.3, 0.4) is 0 Å². The Morgan fingerprint density at radius 1 is 1.29 bits per heavy atom. The Morgan fingerprint density at radius 3 is 3.00 bits per heavy atom. The van der Waals surface area contributed by atoms with Gasteiger partial charge >= 0.3 is 0 Å². The summed E-state index contributed by atoms with van der Waals surface area (Å²) in [4.78, 5) is 18.3. The van der Waals surface area contributed by atoms with Gasteiger partial charge in [0.2, 0.25) is 5.91 Å². The molecule has 0 N–H and O–H groups in total. The molecule has 0 saturated carbocycles. The Hall–Kier alpha value is -2.18. The molecule has 0 aliphatic carbocycles. The number of amides is 1. The monoisotopic (exact) mass is 288 g/mol. The normalized spacial score (nSPS) is 18.3. The molecule has 1 aliphatic heterocycles. The largest absolute Gasteiger partial charge is 0.338 e. The Labute approximate surface area is 123 Å². The van der Waals surface area contributed by atoms with Gasteiger partial charge < -0.3 is 4.90 Å². The van der Waals surface area contributed by atoms with Crippen molar-refractivity contribution >= 4 is 5.91 Å². The molecule has 1 fully saturated rings. The van der Waals surface area contributed by atoms with Crippen molar-refractivity contribution in [2.75, 3.05) is 6.54 Å². The number of rotatable bonds is 6. The van der Waals surface area contributed by atoms with Crippen LogP contribution in [0.4, 0.5) is 0 Å². The van der Waals surface area contributed by atoms with Crippen molar-refractivity contribution in [3.8, 4) is 0 Å². The van der Waals surface area contributed by atoms with Gasteiger partial charge in [-0.05, 0) is 25.3 Å². The van der Waals surface area contributed by atoms with Crippen LogP contribution >= 0.6 is 0 Å². The molecule has 1 amide bonds. The molecule has 1 atom stereocenters. The maximum atomic E-state index is 12.4. The summed E-state index contributed by atoms with van der Waals surface area (Å²) < 4.78 is 3.67. The van der Waals surface area contributed by atoms with Gasteiger partial charge in [-0.15, -0.1) is 0 Å². The van der Waals surface area contributed by atoms with Gasteiger partial charge in [-0.1, -0.05) is 0 Å². The zero-order valence-electron chi connectivity index (χ0n) is 12.0. The highest BCUT2D eigenvalue weighted by Crippen LogP contribution is 2.20. The van der Waals surface area contributed by atoms with E-state index in [2.05, 4.69) is 15.2 Å². The minimum atomic E-state index is 0.241. The van der Waals surface area contributed by atoms with E-state index >= 15 is 0 Å². The molecule has 3 rings (SSSR count). The van der Waals surface area contributed by atoms with Crippen molar-refractivity contribution in [3.63, 3.8) is 0 Å². The first kappa shape index (κ1) is 13.8. The lowest BCUT2D eigenvalue weighted by atomic mass is 10.2. The first-order chi connectivity index (χ1) is 10.3. The second kappa shape index (κ2) is 6.51. The first-order valence-corrected chi connectivity index (χ1v) is 7.42. The van der Waals surface area contributed by atoms with Gasteiger partial charge in [-0.3, -0.25) is 14.2 Å². The first-order valence-electron chi connectivity index (χ1n) is 7.42. The molecule has 1 aliphatic rings. The van der Waals surface area contributed by atoms with E-state index in [4.69, 9.17) is 0 Å². The molecular formula is C14H20N6O. The minimum absolute atomic E-state index is 0.241. The number of aryl methyl sites for hydroxylation is 1. The molecule has 0 bridgehead atoms. The number of likely N-dealkylation sites (tertiary alicyclic amines) is 1. The average molecular weight is 288 g/mol. The summed E-state index contributed by atoms with van der Waals surface area (Å²) in [6, 6.07) is 2.20. The van der Waals surface area contributed by atoms with E-state index in [1.165, 1.54) is 6.33 Å². The zero-order valence-corrected chi connectivity index (χ0v) is 12.0. The lowest BCUT2D eigenvalue weighted by Crippen LogP contribution is -2.38. The van der Waals surface area contributed by atoms with Crippen LogP contribution in [0.15, 0.2) is 31.1 Å². The Balaban J connectivity index is 1.48. The van der Waals surface area contributed by atoms with Crippen LogP contribution in [0, 0.1) is 0 Å². The Kier molecular flexibility index (Phi) is 4.28. The molecule has 0 radical (unpaired) electrons. The van der Waals surface area contributed by atoms with E-state index < -0.39 is 0 Å².